The smallest absolute Gasteiger partial charge is 0.338 e. The van der Waals surface area contributed by atoms with Crippen molar-refractivity contribution in [3.63, 3.8) is 0 Å². The Kier molecular flexibility index (Phi) is 8.95. The third kappa shape index (κ3) is 5.97. The molecule has 0 saturated carbocycles. The summed E-state index contributed by atoms with van der Waals surface area (Å²) in [6.07, 6.45) is 0. The summed E-state index contributed by atoms with van der Waals surface area (Å²) in [5, 5.41) is 2.93. The fraction of sp³-hybridized carbons (Fsp3) is 0.194. The van der Waals surface area contributed by atoms with E-state index in [-0.39, 0.29) is 23.0 Å². The molecule has 2 aliphatic rings. The number of carbonyl (C=O) groups is 4. The lowest BCUT2D eigenvalue weighted by Gasteiger charge is -2.30. The summed E-state index contributed by atoms with van der Waals surface area (Å²) < 4.78 is 7.21. The van der Waals surface area contributed by atoms with Gasteiger partial charge in [-0.25, -0.2) is 9.69 Å². The Morgan fingerprint density at radius 3 is 2.33 bits per heavy atom. The first-order chi connectivity index (χ1) is 21.6. The number of carbonyl (C=O) groups excluding carboxylic acids is 4. The number of anilines is 2. The van der Waals surface area contributed by atoms with Crippen LogP contribution in [-0.4, -0.2) is 40.1 Å². The number of esters is 1. The molecule has 45 heavy (non-hydrogen) atoms. The molecule has 1 N–H and O–H groups in total. The van der Waals surface area contributed by atoms with Crippen molar-refractivity contribution in [1.29, 1.82) is 0 Å². The molecule has 1 fully saturated rings. The van der Waals surface area contributed by atoms with Crippen LogP contribution in [0.1, 0.15) is 33.6 Å². The lowest BCUT2D eigenvalue weighted by atomic mass is 9.83. The van der Waals surface area contributed by atoms with Gasteiger partial charge < -0.3 is 10.1 Å². The molecule has 3 amide bonds. The van der Waals surface area contributed by atoms with Crippen molar-refractivity contribution < 1.29 is 23.9 Å². The highest BCUT2D eigenvalue weighted by molar-refractivity contribution is 9.10. The maximum absolute atomic E-state index is 14.1. The molecule has 0 spiro atoms. The molecular weight excluding hydrogens is 725 g/mol. The van der Waals surface area contributed by atoms with Gasteiger partial charge in [0, 0.05) is 21.0 Å². The van der Waals surface area contributed by atoms with Crippen LogP contribution in [0, 0.1) is 5.92 Å². The molecule has 4 aromatic rings. The first kappa shape index (κ1) is 31.6. The Morgan fingerprint density at radius 1 is 0.956 bits per heavy atom. The number of thioether (sulfide) groups is 1. The van der Waals surface area contributed by atoms with Gasteiger partial charge in [0.25, 0.3) is 0 Å². The quantitative estimate of drug-likeness (QED) is 0.168. The topological polar surface area (TPSA) is 115 Å². The van der Waals surface area contributed by atoms with E-state index >= 15 is 0 Å². The van der Waals surface area contributed by atoms with E-state index in [0.29, 0.717) is 31.9 Å². The number of nitrogens with zero attached hydrogens (tertiary/aromatic N) is 2. The Bertz CT molecular complexity index is 1910. The maximum Gasteiger partial charge on any atom is 0.338 e. The zero-order chi connectivity index (χ0) is 32.0. The number of imide groups is 1. The van der Waals surface area contributed by atoms with Crippen LogP contribution < -0.4 is 15.1 Å². The number of halogens is 3. The van der Waals surface area contributed by atoms with Gasteiger partial charge in [-0.1, -0.05) is 74.4 Å². The second kappa shape index (κ2) is 12.8. The van der Waals surface area contributed by atoms with Crippen molar-refractivity contribution in [2.45, 2.75) is 29.7 Å². The van der Waals surface area contributed by atoms with E-state index in [0.717, 1.165) is 38.0 Å². The molecule has 9 nitrogen and oxygen atoms in total. The molecule has 3 atom stereocenters. The van der Waals surface area contributed by atoms with Gasteiger partial charge in [0.1, 0.15) is 11.8 Å². The average Bonchev–Trinajstić information content (AvgIpc) is 3.46. The summed E-state index contributed by atoms with van der Waals surface area (Å²) in [7, 11) is 0. The van der Waals surface area contributed by atoms with Gasteiger partial charge in [-0.05, 0) is 67.1 Å². The van der Waals surface area contributed by atoms with Gasteiger partial charge in [0.15, 0.2) is 0 Å². The molecule has 0 bridgehead atoms. The normalized spacial score (nSPS) is 18.8. The third-order valence-corrected chi connectivity index (χ3v) is 11.3. The van der Waals surface area contributed by atoms with Gasteiger partial charge in [-0.3, -0.25) is 23.7 Å². The highest BCUT2D eigenvalue weighted by Gasteiger charge is 2.56. The van der Waals surface area contributed by atoms with E-state index in [1.807, 2.05) is 24.3 Å². The summed E-state index contributed by atoms with van der Waals surface area (Å²) in [6, 6.07) is 18.1. The average molecular weight is 747 g/mol. The molecule has 2 aliphatic heterocycles. The number of benzene rings is 3. The van der Waals surface area contributed by atoms with Crippen molar-refractivity contribution >= 4 is 97.3 Å². The summed E-state index contributed by atoms with van der Waals surface area (Å²) in [4.78, 5) is 68.0. The van der Waals surface area contributed by atoms with E-state index < -0.39 is 40.8 Å². The van der Waals surface area contributed by atoms with Gasteiger partial charge >= 0.3 is 10.8 Å². The fourth-order valence-electron chi connectivity index (χ4n) is 5.42. The van der Waals surface area contributed by atoms with Crippen molar-refractivity contribution in [2.24, 2.45) is 5.92 Å². The van der Waals surface area contributed by atoms with Crippen molar-refractivity contribution in [3.8, 4) is 0 Å². The number of nitrogens with one attached hydrogen (secondary N) is 1. The van der Waals surface area contributed by atoms with Gasteiger partial charge in [0.05, 0.1) is 38.8 Å². The number of rotatable bonds is 7. The molecule has 1 saturated heterocycles. The molecular formula is C31H22BrCl2N3O6S2. The molecule has 6 rings (SSSR count). The third-order valence-electron chi connectivity index (χ3n) is 7.42. The summed E-state index contributed by atoms with van der Waals surface area (Å²) in [5.41, 5.74) is 1.78. The highest BCUT2D eigenvalue weighted by Crippen LogP contribution is 2.54. The number of amides is 3. The number of hydrogen-bond donors (Lipinski definition) is 1. The van der Waals surface area contributed by atoms with Crippen LogP contribution in [0.5, 0.6) is 0 Å². The van der Waals surface area contributed by atoms with E-state index in [4.69, 9.17) is 27.9 Å². The summed E-state index contributed by atoms with van der Waals surface area (Å²) >= 11 is 17.6. The summed E-state index contributed by atoms with van der Waals surface area (Å²) in [6.45, 7) is 1.60. The van der Waals surface area contributed by atoms with E-state index in [1.54, 1.807) is 19.1 Å². The van der Waals surface area contributed by atoms with Crippen molar-refractivity contribution in [2.75, 3.05) is 16.8 Å². The number of ether oxygens (including phenoxy) is 1. The predicted molar refractivity (Wildman–Crippen MR) is 178 cm³/mol. The standard InChI is InChI=1S/C31H22BrCl2N3O6S2/c1-2-43-30(41)16-5-10-19(11-6-16)37-27(39)24-23(15-3-7-17(32)8-4-15)26-29(44-25(24)28(37)40)36(31(42)45-26)14-22(38)35-18-9-12-20(33)21(34)13-18/h3-13,23-25H,2,14H2,1H3,(H,35,38)/t23-,24-,25+/m0/s1. The second-order valence-electron chi connectivity index (χ2n) is 10.2. The largest absolute Gasteiger partial charge is 0.462 e. The van der Waals surface area contributed by atoms with Crippen LogP contribution in [0.2, 0.25) is 10.0 Å². The molecule has 3 aromatic carbocycles. The minimum absolute atomic E-state index is 0.216. The fourth-order valence-corrected chi connectivity index (χ4v) is 8.75. The molecule has 3 heterocycles. The van der Waals surface area contributed by atoms with E-state index in [1.165, 1.54) is 34.9 Å². The maximum atomic E-state index is 14.1. The number of fused-ring (bicyclic) bond motifs is 2. The Balaban J connectivity index is 1.36. The van der Waals surface area contributed by atoms with Crippen LogP contribution in [0.25, 0.3) is 0 Å². The van der Waals surface area contributed by atoms with Crippen molar-refractivity contribution in [3.05, 3.63) is 107 Å². The zero-order valence-electron chi connectivity index (χ0n) is 23.3. The van der Waals surface area contributed by atoms with E-state index in [9.17, 15) is 24.0 Å². The molecule has 230 valence electrons. The van der Waals surface area contributed by atoms with Gasteiger partial charge in [0.2, 0.25) is 17.7 Å². The molecule has 0 unspecified atom stereocenters. The van der Waals surface area contributed by atoms with Gasteiger partial charge in [-0.2, -0.15) is 0 Å². The van der Waals surface area contributed by atoms with Crippen LogP contribution in [0.4, 0.5) is 11.4 Å². The number of hydrogen-bond acceptors (Lipinski definition) is 8. The van der Waals surface area contributed by atoms with E-state index in [2.05, 4.69) is 21.2 Å². The molecule has 14 heteroatoms. The first-order valence-electron chi connectivity index (χ1n) is 13.6. The minimum Gasteiger partial charge on any atom is -0.462 e. The molecule has 1 aromatic heterocycles. The van der Waals surface area contributed by atoms with Crippen LogP contribution in [0.3, 0.4) is 0 Å². The first-order valence-corrected chi connectivity index (χ1v) is 16.9. The highest BCUT2D eigenvalue weighted by atomic mass is 79.9. The number of thiazole rings is 1. The zero-order valence-corrected chi connectivity index (χ0v) is 28.0. The predicted octanol–water partition coefficient (Wildman–Crippen LogP) is 6.59. The Morgan fingerprint density at radius 2 is 1.67 bits per heavy atom. The number of aromatic nitrogens is 1. The lowest BCUT2D eigenvalue weighted by Crippen LogP contribution is -2.33. The molecule has 0 aliphatic carbocycles. The molecule has 0 radical (unpaired) electrons. The Labute approximate surface area is 283 Å². The van der Waals surface area contributed by atoms with Crippen molar-refractivity contribution in [1.82, 2.24) is 4.57 Å². The minimum atomic E-state index is -0.859. The van der Waals surface area contributed by atoms with Crippen LogP contribution >= 0.6 is 62.2 Å². The van der Waals surface area contributed by atoms with Gasteiger partial charge in [-0.15, -0.1) is 0 Å². The summed E-state index contributed by atoms with van der Waals surface area (Å²) in [5.74, 6) is -3.26. The monoisotopic (exact) mass is 745 g/mol. The van der Waals surface area contributed by atoms with Crippen LogP contribution in [0.15, 0.2) is 81.0 Å². The lowest BCUT2D eigenvalue weighted by molar-refractivity contribution is -0.122. The second-order valence-corrected chi connectivity index (χ2v) is 14.0. The van der Waals surface area contributed by atoms with Crippen LogP contribution in [-0.2, 0) is 25.7 Å². The Hall–Kier alpha value is -3.42. The SMILES string of the molecule is CCOC(=O)c1ccc(N2C(=O)[C@H]3[C@H](c4ccc(Br)cc4)c4sc(=O)n(CC(=O)Nc5ccc(Cl)c(Cl)c5)c4S[C@H]3C2=O)cc1.